The number of aromatic hydroxyl groups is 1. The fourth-order valence-electron chi connectivity index (χ4n) is 4.02. The van der Waals surface area contributed by atoms with Crippen molar-refractivity contribution in [3.8, 4) is 22.9 Å². The minimum absolute atomic E-state index is 0.221. The number of amides is 1. The van der Waals surface area contributed by atoms with Gasteiger partial charge in [-0.2, -0.15) is 5.26 Å². The SMILES string of the molecule is N#Cc1c(O)ccc(C(=O)OC(=O)c2occ(C=CCCc3ccccc3)c2-c2ccccc2)c1C(=O)NN. The lowest BCUT2D eigenvalue weighted by molar-refractivity contribution is 0.0374. The molecule has 9 nitrogen and oxygen atoms in total. The van der Waals surface area contributed by atoms with E-state index in [4.69, 9.17) is 15.0 Å². The molecule has 0 saturated heterocycles. The smallest absolute Gasteiger partial charge is 0.382 e. The summed E-state index contributed by atoms with van der Waals surface area (Å²) in [5, 5.41) is 19.3. The molecule has 1 amide bonds. The number of nitrogens with zero attached hydrogens (tertiary/aromatic N) is 1. The number of ether oxygens (including phenoxy) is 1. The molecule has 9 heteroatoms. The summed E-state index contributed by atoms with van der Waals surface area (Å²) in [5.74, 6) is 1.06. The predicted molar refractivity (Wildman–Crippen MR) is 142 cm³/mol. The van der Waals surface area contributed by atoms with Gasteiger partial charge in [0.05, 0.1) is 17.4 Å². The van der Waals surface area contributed by atoms with Crippen LogP contribution in [0.25, 0.3) is 17.2 Å². The minimum Gasteiger partial charge on any atom is -0.507 e. The van der Waals surface area contributed by atoms with Crippen molar-refractivity contribution >= 4 is 23.9 Å². The van der Waals surface area contributed by atoms with Crippen molar-refractivity contribution in [2.75, 3.05) is 0 Å². The average Bonchev–Trinajstić information content (AvgIpc) is 3.39. The predicted octanol–water partition coefficient (Wildman–Crippen LogP) is 4.77. The fraction of sp³-hybridized carbons (Fsp3) is 0.0667. The van der Waals surface area contributed by atoms with Crippen LogP contribution in [0.3, 0.4) is 0 Å². The third kappa shape index (κ3) is 5.93. The van der Waals surface area contributed by atoms with Gasteiger partial charge in [0.1, 0.15) is 17.4 Å². The molecule has 0 spiro atoms. The van der Waals surface area contributed by atoms with Crippen LogP contribution in [-0.4, -0.2) is 23.0 Å². The molecule has 0 bridgehead atoms. The van der Waals surface area contributed by atoms with E-state index in [9.17, 15) is 24.8 Å². The van der Waals surface area contributed by atoms with E-state index >= 15 is 0 Å². The summed E-state index contributed by atoms with van der Waals surface area (Å²) < 4.78 is 10.6. The molecule has 1 aromatic heterocycles. The zero-order valence-corrected chi connectivity index (χ0v) is 20.6. The number of phenolic OH excluding ortho intramolecular Hbond substituents is 1. The van der Waals surface area contributed by atoms with Gasteiger partial charge in [-0.05, 0) is 36.1 Å². The molecule has 4 N–H and O–H groups in total. The van der Waals surface area contributed by atoms with E-state index in [0.717, 1.165) is 25.0 Å². The minimum atomic E-state index is -1.23. The van der Waals surface area contributed by atoms with Crippen LogP contribution in [0.1, 0.15) is 54.4 Å². The van der Waals surface area contributed by atoms with Crippen LogP contribution >= 0.6 is 0 Å². The zero-order chi connectivity index (χ0) is 27.8. The molecule has 0 unspecified atom stereocenters. The van der Waals surface area contributed by atoms with E-state index in [-0.39, 0.29) is 5.76 Å². The van der Waals surface area contributed by atoms with E-state index < -0.39 is 40.3 Å². The molecule has 0 aliphatic carbocycles. The fourth-order valence-corrected chi connectivity index (χ4v) is 4.02. The molecule has 0 saturated carbocycles. The van der Waals surface area contributed by atoms with Gasteiger partial charge in [0.25, 0.3) is 5.91 Å². The lowest BCUT2D eigenvalue weighted by Gasteiger charge is -2.10. The molecule has 0 atom stereocenters. The average molecular weight is 522 g/mol. The maximum Gasteiger partial charge on any atom is 0.382 e. The van der Waals surface area contributed by atoms with Crippen molar-refractivity contribution in [3.05, 3.63) is 119 Å². The normalized spacial score (nSPS) is 10.7. The molecule has 194 valence electrons. The first-order valence-corrected chi connectivity index (χ1v) is 11.9. The van der Waals surface area contributed by atoms with Crippen LogP contribution in [0.5, 0.6) is 5.75 Å². The molecular formula is C30H23N3O6. The number of allylic oxidation sites excluding steroid dienone is 1. The molecular weight excluding hydrogens is 498 g/mol. The Bertz CT molecular complexity index is 1580. The standard InChI is InChI=1S/C30H23N3O6/c31-17-23-24(34)16-15-22(26(23)28(35)33-32)29(36)39-30(37)27-25(20-12-5-2-6-13-20)21(18-38-27)14-8-7-11-19-9-3-1-4-10-19/h1-6,8-10,12-16,18,34H,7,11,32H2,(H,33,35). The first-order valence-electron chi connectivity index (χ1n) is 11.9. The number of benzene rings is 3. The number of carbonyl (C=O) groups excluding carboxylic acids is 3. The van der Waals surface area contributed by atoms with E-state index in [1.54, 1.807) is 30.3 Å². The Balaban J connectivity index is 1.63. The number of hydrogen-bond donors (Lipinski definition) is 3. The quantitative estimate of drug-likeness (QED) is 0.0984. The van der Waals surface area contributed by atoms with Gasteiger partial charge in [-0.3, -0.25) is 10.2 Å². The van der Waals surface area contributed by atoms with Crippen LogP contribution in [0, 0.1) is 11.3 Å². The number of nitrogen functional groups attached to an aromatic ring is 1. The number of nitrogens with one attached hydrogen (secondary N) is 1. The second kappa shape index (κ2) is 12.2. The monoisotopic (exact) mass is 521 g/mol. The molecule has 4 aromatic rings. The van der Waals surface area contributed by atoms with E-state index in [1.807, 2.05) is 54.0 Å². The highest BCUT2D eigenvalue weighted by Gasteiger charge is 2.29. The van der Waals surface area contributed by atoms with Crippen molar-refractivity contribution in [2.24, 2.45) is 5.84 Å². The Labute approximate surface area is 223 Å². The second-order valence-electron chi connectivity index (χ2n) is 8.33. The van der Waals surface area contributed by atoms with Gasteiger partial charge in [-0.1, -0.05) is 72.8 Å². The summed E-state index contributed by atoms with van der Waals surface area (Å²) in [6.07, 6.45) is 6.76. The summed E-state index contributed by atoms with van der Waals surface area (Å²) in [5.41, 5.74) is 3.24. The second-order valence-corrected chi connectivity index (χ2v) is 8.33. The van der Waals surface area contributed by atoms with Gasteiger partial charge >= 0.3 is 11.9 Å². The van der Waals surface area contributed by atoms with E-state index in [2.05, 4.69) is 0 Å². The molecule has 0 fully saturated rings. The van der Waals surface area contributed by atoms with Crippen molar-refractivity contribution < 1.29 is 28.6 Å². The maximum atomic E-state index is 13.1. The van der Waals surface area contributed by atoms with E-state index in [0.29, 0.717) is 16.7 Å². The molecule has 0 aliphatic heterocycles. The van der Waals surface area contributed by atoms with Crippen LogP contribution in [0.2, 0.25) is 0 Å². The number of nitriles is 1. The molecule has 1 heterocycles. The summed E-state index contributed by atoms with van der Waals surface area (Å²) in [4.78, 5) is 38.3. The lowest BCUT2D eigenvalue weighted by atomic mass is 9.99. The number of aryl methyl sites for hydroxylation is 1. The number of furan rings is 1. The van der Waals surface area contributed by atoms with Gasteiger partial charge in [-0.15, -0.1) is 0 Å². The molecule has 39 heavy (non-hydrogen) atoms. The highest BCUT2D eigenvalue weighted by atomic mass is 16.6. The molecule has 0 aliphatic rings. The first-order chi connectivity index (χ1) is 18.9. The summed E-state index contributed by atoms with van der Waals surface area (Å²) in [6, 6.07) is 22.7. The van der Waals surface area contributed by atoms with Gasteiger partial charge in [-0.25, -0.2) is 15.4 Å². The number of phenols is 1. The zero-order valence-electron chi connectivity index (χ0n) is 20.6. The number of esters is 2. The number of nitrogens with two attached hydrogens (primary N) is 1. The summed E-state index contributed by atoms with van der Waals surface area (Å²) in [7, 11) is 0. The molecule has 0 radical (unpaired) electrons. The Hall–Kier alpha value is -5.46. The Morgan fingerprint density at radius 3 is 2.36 bits per heavy atom. The Morgan fingerprint density at radius 2 is 1.69 bits per heavy atom. The van der Waals surface area contributed by atoms with Crippen molar-refractivity contribution in [1.29, 1.82) is 5.26 Å². The first kappa shape index (κ1) is 26.6. The third-order valence-corrected chi connectivity index (χ3v) is 5.87. The van der Waals surface area contributed by atoms with Gasteiger partial charge in [0.15, 0.2) is 0 Å². The highest BCUT2D eigenvalue weighted by Crippen LogP contribution is 2.32. The number of hydrogen-bond acceptors (Lipinski definition) is 8. The van der Waals surface area contributed by atoms with Crippen LogP contribution < -0.4 is 11.3 Å². The maximum absolute atomic E-state index is 13.1. The Morgan fingerprint density at radius 1 is 1.00 bits per heavy atom. The van der Waals surface area contributed by atoms with E-state index in [1.165, 1.54) is 11.8 Å². The number of carbonyl (C=O) groups is 3. The third-order valence-electron chi connectivity index (χ3n) is 5.87. The highest BCUT2D eigenvalue weighted by molar-refractivity contribution is 6.11. The number of rotatable bonds is 8. The van der Waals surface area contributed by atoms with Crippen molar-refractivity contribution in [1.82, 2.24) is 5.43 Å². The van der Waals surface area contributed by atoms with Gasteiger partial charge in [0.2, 0.25) is 5.76 Å². The van der Waals surface area contributed by atoms with Crippen LogP contribution in [-0.2, 0) is 11.2 Å². The summed E-state index contributed by atoms with van der Waals surface area (Å²) in [6.45, 7) is 0. The van der Waals surface area contributed by atoms with Crippen LogP contribution in [0.4, 0.5) is 0 Å². The summed E-state index contributed by atoms with van der Waals surface area (Å²) >= 11 is 0. The molecule has 4 rings (SSSR count). The van der Waals surface area contributed by atoms with Gasteiger partial charge < -0.3 is 14.3 Å². The van der Waals surface area contributed by atoms with Crippen molar-refractivity contribution in [3.63, 3.8) is 0 Å². The van der Waals surface area contributed by atoms with Gasteiger partial charge in [0, 0.05) is 11.1 Å². The Kier molecular flexibility index (Phi) is 8.31. The molecule has 3 aromatic carbocycles. The lowest BCUT2D eigenvalue weighted by Crippen LogP contribution is -2.32. The topological polar surface area (TPSA) is 156 Å². The largest absolute Gasteiger partial charge is 0.507 e. The van der Waals surface area contributed by atoms with Crippen LogP contribution in [0.15, 0.2) is 89.6 Å². The van der Waals surface area contributed by atoms with Crippen molar-refractivity contribution in [2.45, 2.75) is 12.8 Å². The number of hydrazine groups is 1.